The molecule has 12 heavy (non-hydrogen) atoms. The molecule has 2 nitrogen and oxygen atoms in total. The van der Waals surface area contributed by atoms with Crippen LogP contribution in [0.3, 0.4) is 0 Å². The third kappa shape index (κ3) is 1.79. The first-order chi connectivity index (χ1) is 5.65. The first-order valence-electron chi connectivity index (χ1n) is 2.97. The fraction of sp³-hybridized carbons (Fsp3) is 0. The summed E-state index contributed by atoms with van der Waals surface area (Å²) in [4.78, 5) is 0. The Kier molecular flexibility index (Phi) is 2.75. The van der Waals surface area contributed by atoms with Crippen LogP contribution in [0, 0.1) is 11.6 Å². The van der Waals surface area contributed by atoms with E-state index in [4.69, 9.17) is 5.21 Å². The number of halogens is 3. The van der Waals surface area contributed by atoms with Gasteiger partial charge in [-0.2, -0.15) is 0 Å². The topological polar surface area (TPSA) is 32.6 Å². The SMILES string of the molecule is ON=Cc1cc(F)cc(Br)c1F. The van der Waals surface area contributed by atoms with Gasteiger partial charge in [0.05, 0.1) is 10.7 Å². The van der Waals surface area contributed by atoms with Crippen LogP contribution in [0.25, 0.3) is 0 Å². The van der Waals surface area contributed by atoms with Crippen molar-refractivity contribution >= 4 is 22.1 Å². The minimum atomic E-state index is -0.658. The number of hydrogen-bond donors (Lipinski definition) is 1. The molecule has 0 aliphatic carbocycles. The number of benzene rings is 1. The Morgan fingerprint density at radius 3 is 2.67 bits per heavy atom. The molecule has 64 valence electrons. The average Bonchev–Trinajstić information content (AvgIpc) is 2.00. The Balaban J connectivity index is 3.27. The van der Waals surface area contributed by atoms with Gasteiger partial charge in [-0.1, -0.05) is 5.16 Å². The van der Waals surface area contributed by atoms with Crippen molar-refractivity contribution in [3.05, 3.63) is 33.8 Å². The smallest absolute Gasteiger partial charge is 0.146 e. The minimum Gasteiger partial charge on any atom is -0.411 e. The second-order valence-corrected chi connectivity index (χ2v) is 2.89. The van der Waals surface area contributed by atoms with Crippen LogP contribution in [0.2, 0.25) is 0 Å². The Hall–Kier alpha value is -0.970. The van der Waals surface area contributed by atoms with Crippen LogP contribution in [0.4, 0.5) is 8.78 Å². The summed E-state index contributed by atoms with van der Waals surface area (Å²) in [5.41, 5.74) is -0.107. The van der Waals surface area contributed by atoms with E-state index < -0.39 is 11.6 Å². The van der Waals surface area contributed by atoms with Crippen molar-refractivity contribution in [3.63, 3.8) is 0 Å². The fourth-order valence-electron chi connectivity index (χ4n) is 0.732. The van der Waals surface area contributed by atoms with Gasteiger partial charge in [-0.15, -0.1) is 0 Å². The van der Waals surface area contributed by atoms with E-state index in [2.05, 4.69) is 21.1 Å². The molecule has 1 N–H and O–H groups in total. The number of hydrogen-bond acceptors (Lipinski definition) is 2. The number of nitrogens with zero attached hydrogens (tertiary/aromatic N) is 1. The van der Waals surface area contributed by atoms with Crippen molar-refractivity contribution in [1.29, 1.82) is 0 Å². The summed E-state index contributed by atoms with van der Waals surface area (Å²) in [7, 11) is 0. The maximum Gasteiger partial charge on any atom is 0.146 e. The lowest BCUT2D eigenvalue weighted by atomic mass is 10.2. The second-order valence-electron chi connectivity index (χ2n) is 2.04. The largest absolute Gasteiger partial charge is 0.411 e. The Morgan fingerprint density at radius 1 is 1.42 bits per heavy atom. The summed E-state index contributed by atoms with van der Waals surface area (Å²) in [6, 6.07) is 1.92. The van der Waals surface area contributed by atoms with Crippen LogP contribution in [0.5, 0.6) is 0 Å². The molecule has 0 saturated carbocycles. The van der Waals surface area contributed by atoms with Crippen LogP contribution in [0.15, 0.2) is 21.8 Å². The van der Waals surface area contributed by atoms with E-state index in [1.807, 2.05) is 0 Å². The first kappa shape index (κ1) is 9.12. The summed E-state index contributed by atoms with van der Waals surface area (Å²) in [5.74, 6) is -1.26. The fourth-order valence-corrected chi connectivity index (χ4v) is 1.18. The molecule has 0 fully saturated rings. The Labute approximate surface area is 75.6 Å². The molecule has 0 saturated heterocycles. The van der Waals surface area contributed by atoms with Gasteiger partial charge in [0.2, 0.25) is 0 Å². The molecule has 0 atom stereocenters. The van der Waals surface area contributed by atoms with Crippen molar-refractivity contribution in [2.24, 2.45) is 5.16 Å². The van der Waals surface area contributed by atoms with Gasteiger partial charge in [-0.3, -0.25) is 0 Å². The van der Waals surface area contributed by atoms with Crippen LogP contribution >= 0.6 is 15.9 Å². The highest BCUT2D eigenvalue weighted by atomic mass is 79.9. The zero-order chi connectivity index (χ0) is 9.14. The lowest BCUT2D eigenvalue weighted by Gasteiger charge is -1.98. The van der Waals surface area contributed by atoms with Gasteiger partial charge in [0.15, 0.2) is 0 Å². The highest BCUT2D eigenvalue weighted by molar-refractivity contribution is 9.10. The normalized spacial score (nSPS) is 10.9. The van der Waals surface area contributed by atoms with E-state index in [1.54, 1.807) is 0 Å². The van der Waals surface area contributed by atoms with Crippen molar-refractivity contribution in [2.75, 3.05) is 0 Å². The number of oxime groups is 1. The standard InChI is InChI=1S/C7H4BrF2NO/c8-6-2-5(9)1-4(3-11-12)7(6)10/h1-3,12H. The van der Waals surface area contributed by atoms with Crippen molar-refractivity contribution in [2.45, 2.75) is 0 Å². The molecule has 1 aromatic rings. The molecule has 1 aromatic carbocycles. The van der Waals surface area contributed by atoms with Crippen LogP contribution in [-0.2, 0) is 0 Å². The highest BCUT2D eigenvalue weighted by Gasteiger charge is 2.06. The van der Waals surface area contributed by atoms with E-state index in [0.717, 1.165) is 18.3 Å². The van der Waals surface area contributed by atoms with E-state index in [1.165, 1.54) is 0 Å². The molecule has 0 aromatic heterocycles. The minimum absolute atomic E-state index is 0.00241. The molecule has 0 unspecified atom stereocenters. The molecule has 0 spiro atoms. The third-order valence-corrected chi connectivity index (χ3v) is 1.79. The van der Waals surface area contributed by atoms with Crippen LogP contribution in [0.1, 0.15) is 5.56 Å². The first-order valence-corrected chi connectivity index (χ1v) is 3.76. The monoisotopic (exact) mass is 235 g/mol. The zero-order valence-corrected chi connectivity index (χ0v) is 7.35. The Bertz CT molecular complexity index is 327. The van der Waals surface area contributed by atoms with Crippen LogP contribution < -0.4 is 0 Å². The van der Waals surface area contributed by atoms with Crippen molar-refractivity contribution in [1.82, 2.24) is 0 Å². The molecule has 0 heterocycles. The van der Waals surface area contributed by atoms with Gasteiger partial charge in [0.25, 0.3) is 0 Å². The van der Waals surface area contributed by atoms with E-state index in [-0.39, 0.29) is 10.0 Å². The Morgan fingerprint density at radius 2 is 2.08 bits per heavy atom. The van der Waals surface area contributed by atoms with Gasteiger partial charge in [0, 0.05) is 5.56 Å². The van der Waals surface area contributed by atoms with E-state index in [0.29, 0.717) is 0 Å². The van der Waals surface area contributed by atoms with E-state index >= 15 is 0 Å². The summed E-state index contributed by atoms with van der Waals surface area (Å²) in [5, 5.41) is 10.7. The summed E-state index contributed by atoms with van der Waals surface area (Å²) >= 11 is 2.81. The van der Waals surface area contributed by atoms with Gasteiger partial charge < -0.3 is 5.21 Å². The van der Waals surface area contributed by atoms with Gasteiger partial charge in [-0.05, 0) is 28.1 Å². The molecule has 0 aliphatic heterocycles. The molecular weight excluding hydrogens is 232 g/mol. The zero-order valence-electron chi connectivity index (χ0n) is 5.76. The molecule has 0 bridgehead atoms. The molecule has 0 radical (unpaired) electrons. The lowest BCUT2D eigenvalue weighted by Crippen LogP contribution is -1.91. The second kappa shape index (κ2) is 3.62. The van der Waals surface area contributed by atoms with Crippen molar-refractivity contribution in [3.8, 4) is 0 Å². The lowest BCUT2D eigenvalue weighted by molar-refractivity contribution is 0.321. The average molecular weight is 236 g/mol. The molecule has 0 amide bonds. The number of rotatable bonds is 1. The predicted octanol–water partition coefficient (Wildman–Crippen LogP) is 2.54. The molecule has 0 aliphatic rings. The molecule has 5 heteroatoms. The third-order valence-electron chi connectivity index (χ3n) is 1.22. The van der Waals surface area contributed by atoms with Gasteiger partial charge in [0.1, 0.15) is 11.6 Å². The summed E-state index contributed by atoms with van der Waals surface area (Å²) in [6.07, 6.45) is 0.823. The molecular formula is C7H4BrF2NO. The summed E-state index contributed by atoms with van der Waals surface area (Å²) in [6.45, 7) is 0. The van der Waals surface area contributed by atoms with E-state index in [9.17, 15) is 8.78 Å². The highest BCUT2D eigenvalue weighted by Crippen LogP contribution is 2.19. The quantitative estimate of drug-likeness (QED) is 0.345. The van der Waals surface area contributed by atoms with Crippen molar-refractivity contribution < 1.29 is 14.0 Å². The predicted molar refractivity (Wildman–Crippen MR) is 43.4 cm³/mol. The maximum absolute atomic E-state index is 13.0. The maximum atomic E-state index is 13.0. The van der Waals surface area contributed by atoms with Gasteiger partial charge in [-0.25, -0.2) is 8.78 Å². The van der Waals surface area contributed by atoms with Gasteiger partial charge >= 0.3 is 0 Å². The molecule has 1 rings (SSSR count). The van der Waals surface area contributed by atoms with Crippen LogP contribution in [-0.4, -0.2) is 11.4 Å². The summed E-state index contributed by atoms with van der Waals surface area (Å²) < 4.78 is 25.5.